The van der Waals surface area contributed by atoms with Crippen LogP contribution in [0, 0.1) is 0 Å². The summed E-state index contributed by atoms with van der Waals surface area (Å²) < 4.78 is 1.01. The van der Waals surface area contributed by atoms with E-state index in [0.29, 0.717) is 0 Å². The Hall–Kier alpha value is -0.340. The van der Waals surface area contributed by atoms with E-state index in [0.717, 1.165) is 15.1 Å². The molecule has 76 valence electrons. The minimum atomic E-state index is -0.0538. The van der Waals surface area contributed by atoms with Gasteiger partial charge in [-0.25, -0.2) is 0 Å². The highest BCUT2D eigenvalue weighted by Crippen LogP contribution is 2.20. The van der Waals surface area contributed by atoms with Gasteiger partial charge in [-0.15, -0.1) is 0 Å². The predicted molar refractivity (Wildman–Crippen MR) is 66.5 cm³/mol. The summed E-state index contributed by atoms with van der Waals surface area (Å²) in [5.41, 5.74) is 0.953. The van der Waals surface area contributed by atoms with E-state index in [9.17, 15) is 0 Å². The van der Waals surface area contributed by atoms with Crippen molar-refractivity contribution in [2.75, 3.05) is 0 Å². The van der Waals surface area contributed by atoms with Crippen molar-refractivity contribution >= 4 is 33.7 Å². The molecule has 1 aromatic rings. The van der Waals surface area contributed by atoms with Crippen molar-refractivity contribution in [2.24, 2.45) is 4.99 Å². The fourth-order valence-electron chi connectivity index (χ4n) is 0.877. The van der Waals surface area contributed by atoms with Gasteiger partial charge in [0.1, 0.15) is 0 Å². The van der Waals surface area contributed by atoms with Crippen LogP contribution in [0.1, 0.15) is 26.3 Å². The molecule has 0 unspecified atom stereocenters. The van der Waals surface area contributed by atoms with Crippen molar-refractivity contribution in [1.82, 2.24) is 0 Å². The second-order valence-electron chi connectivity index (χ2n) is 4.09. The SMILES string of the molecule is CC(C)(C)/N=C/c1cc(Cl)ccc1Br. The smallest absolute Gasteiger partial charge is 0.0524 e. The van der Waals surface area contributed by atoms with Gasteiger partial charge in [0.05, 0.1) is 5.54 Å². The van der Waals surface area contributed by atoms with Crippen molar-refractivity contribution < 1.29 is 0 Å². The lowest BCUT2D eigenvalue weighted by atomic mass is 10.1. The minimum absolute atomic E-state index is 0.0538. The van der Waals surface area contributed by atoms with Crippen LogP contribution in [-0.2, 0) is 0 Å². The number of nitrogens with zero attached hydrogens (tertiary/aromatic N) is 1. The Bertz CT molecular complexity index is 353. The third-order valence-electron chi connectivity index (χ3n) is 1.55. The first-order chi connectivity index (χ1) is 6.38. The van der Waals surface area contributed by atoms with Crippen molar-refractivity contribution in [3.63, 3.8) is 0 Å². The molecule has 0 N–H and O–H groups in total. The number of rotatable bonds is 1. The van der Waals surface area contributed by atoms with Crippen molar-refractivity contribution in [2.45, 2.75) is 26.3 Å². The molecule has 0 atom stereocenters. The Morgan fingerprint density at radius 3 is 2.57 bits per heavy atom. The van der Waals surface area contributed by atoms with Crippen molar-refractivity contribution in [3.8, 4) is 0 Å². The van der Waals surface area contributed by atoms with Gasteiger partial charge in [-0.3, -0.25) is 4.99 Å². The maximum Gasteiger partial charge on any atom is 0.0524 e. The molecule has 0 fully saturated rings. The number of hydrogen-bond donors (Lipinski definition) is 0. The molecule has 1 aromatic carbocycles. The quantitative estimate of drug-likeness (QED) is 0.676. The molecule has 0 bridgehead atoms. The number of hydrogen-bond acceptors (Lipinski definition) is 1. The zero-order valence-electron chi connectivity index (χ0n) is 8.51. The van der Waals surface area contributed by atoms with Gasteiger partial charge in [0, 0.05) is 21.3 Å². The van der Waals surface area contributed by atoms with Crippen LogP contribution in [-0.4, -0.2) is 11.8 Å². The summed E-state index contributed by atoms with van der Waals surface area (Å²) in [6.45, 7) is 6.17. The van der Waals surface area contributed by atoms with Gasteiger partial charge in [-0.2, -0.15) is 0 Å². The second-order valence-corrected chi connectivity index (χ2v) is 5.39. The summed E-state index contributed by atoms with van der Waals surface area (Å²) >= 11 is 9.33. The van der Waals surface area contributed by atoms with Crippen LogP contribution in [0.4, 0.5) is 0 Å². The molecule has 0 aliphatic carbocycles. The summed E-state index contributed by atoms with van der Waals surface area (Å²) in [7, 11) is 0. The van der Waals surface area contributed by atoms with Gasteiger partial charge in [-0.1, -0.05) is 27.5 Å². The fraction of sp³-hybridized carbons (Fsp3) is 0.364. The molecule has 0 saturated heterocycles. The molecule has 0 heterocycles. The fourth-order valence-corrected chi connectivity index (χ4v) is 1.41. The van der Waals surface area contributed by atoms with E-state index < -0.39 is 0 Å². The van der Waals surface area contributed by atoms with Gasteiger partial charge in [0.2, 0.25) is 0 Å². The lowest BCUT2D eigenvalue weighted by molar-refractivity contribution is 0.586. The van der Waals surface area contributed by atoms with Crippen LogP contribution in [0.3, 0.4) is 0 Å². The normalized spacial score (nSPS) is 12.4. The van der Waals surface area contributed by atoms with E-state index in [1.54, 1.807) is 0 Å². The number of benzene rings is 1. The Kier molecular flexibility index (Phi) is 3.73. The Morgan fingerprint density at radius 1 is 1.36 bits per heavy atom. The lowest BCUT2D eigenvalue weighted by Gasteiger charge is -2.11. The Labute approximate surface area is 98.3 Å². The molecule has 3 heteroatoms. The first-order valence-corrected chi connectivity index (χ1v) is 5.56. The van der Waals surface area contributed by atoms with Crippen LogP contribution in [0.15, 0.2) is 27.7 Å². The van der Waals surface area contributed by atoms with Crippen molar-refractivity contribution in [1.29, 1.82) is 0 Å². The zero-order valence-corrected chi connectivity index (χ0v) is 10.9. The van der Waals surface area contributed by atoms with Gasteiger partial charge >= 0.3 is 0 Å². The Balaban J connectivity index is 2.97. The highest BCUT2D eigenvalue weighted by molar-refractivity contribution is 9.10. The molecule has 0 amide bonds. The first-order valence-electron chi connectivity index (χ1n) is 4.39. The molecule has 0 saturated carbocycles. The molecule has 1 nitrogen and oxygen atoms in total. The Morgan fingerprint density at radius 2 is 2.00 bits per heavy atom. The maximum atomic E-state index is 5.88. The van der Waals surface area contributed by atoms with Gasteiger partial charge in [0.15, 0.2) is 0 Å². The minimum Gasteiger partial charge on any atom is -0.287 e. The number of halogens is 2. The highest BCUT2D eigenvalue weighted by atomic mass is 79.9. The van der Waals surface area contributed by atoms with Crippen LogP contribution >= 0.6 is 27.5 Å². The van der Waals surface area contributed by atoms with Crippen LogP contribution in [0.5, 0.6) is 0 Å². The standard InChI is InChI=1S/C11H13BrClN/c1-11(2,3)14-7-8-6-9(13)4-5-10(8)12/h4-7H,1-3H3/b14-7+. The predicted octanol–water partition coefficient (Wildman–Crippen LogP) is 4.32. The molecule has 0 aliphatic rings. The monoisotopic (exact) mass is 273 g/mol. The molecule has 0 radical (unpaired) electrons. The van der Waals surface area contributed by atoms with Crippen LogP contribution in [0.25, 0.3) is 0 Å². The number of aliphatic imine (C=N–C) groups is 1. The second kappa shape index (κ2) is 4.45. The molecule has 0 aromatic heterocycles. The summed E-state index contributed by atoms with van der Waals surface area (Å²) in [4.78, 5) is 4.42. The third-order valence-corrected chi connectivity index (χ3v) is 2.51. The molecular weight excluding hydrogens is 261 g/mol. The topological polar surface area (TPSA) is 12.4 Å². The van der Waals surface area contributed by atoms with Gasteiger partial charge < -0.3 is 0 Å². The lowest BCUT2D eigenvalue weighted by Crippen LogP contribution is -2.09. The van der Waals surface area contributed by atoms with Crippen LogP contribution in [0.2, 0.25) is 5.02 Å². The van der Waals surface area contributed by atoms with Gasteiger partial charge in [0.25, 0.3) is 0 Å². The molecule has 14 heavy (non-hydrogen) atoms. The largest absolute Gasteiger partial charge is 0.287 e. The first kappa shape index (κ1) is 11.7. The van der Waals surface area contributed by atoms with Gasteiger partial charge in [-0.05, 0) is 39.0 Å². The third kappa shape index (κ3) is 3.81. The zero-order chi connectivity index (χ0) is 10.8. The van der Waals surface area contributed by atoms with Crippen LogP contribution < -0.4 is 0 Å². The van der Waals surface area contributed by atoms with E-state index >= 15 is 0 Å². The highest BCUT2D eigenvalue weighted by Gasteiger charge is 2.05. The van der Waals surface area contributed by atoms with E-state index in [1.165, 1.54) is 0 Å². The summed E-state index contributed by atoms with van der Waals surface area (Å²) in [5.74, 6) is 0. The van der Waals surface area contributed by atoms with E-state index in [4.69, 9.17) is 11.6 Å². The van der Waals surface area contributed by atoms with E-state index in [1.807, 2.05) is 24.4 Å². The molecule has 0 aliphatic heterocycles. The maximum absolute atomic E-state index is 5.88. The van der Waals surface area contributed by atoms with Crippen molar-refractivity contribution in [3.05, 3.63) is 33.3 Å². The molecule has 1 rings (SSSR count). The summed E-state index contributed by atoms with van der Waals surface area (Å²) in [6, 6.07) is 5.66. The average Bonchev–Trinajstić information content (AvgIpc) is 2.05. The molecular formula is C11H13BrClN. The molecule has 0 spiro atoms. The summed E-state index contributed by atoms with van der Waals surface area (Å²) in [6.07, 6.45) is 1.84. The summed E-state index contributed by atoms with van der Waals surface area (Å²) in [5, 5.41) is 0.726. The van der Waals surface area contributed by atoms with E-state index in [2.05, 4.69) is 41.7 Å². The van der Waals surface area contributed by atoms with E-state index in [-0.39, 0.29) is 5.54 Å². The average molecular weight is 275 g/mol.